The van der Waals surface area contributed by atoms with Crippen molar-refractivity contribution in [2.24, 2.45) is 0 Å². The van der Waals surface area contributed by atoms with Crippen LogP contribution < -0.4 is 5.32 Å². The van der Waals surface area contributed by atoms with Crippen molar-refractivity contribution in [2.75, 3.05) is 5.32 Å². The number of rotatable bonds is 9. The number of nitrogens with one attached hydrogen (secondary N) is 1. The van der Waals surface area contributed by atoms with Crippen LogP contribution in [0.25, 0.3) is 10.9 Å². The van der Waals surface area contributed by atoms with Gasteiger partial charge in [0.15, 0.2) is 9.74 Å². The summed E-state index contributed by atoms with van der Waals surface area (Å²) in [7, 11) is 0. The normalized spacial score (nSPS) is 12.0. The molecule has 0 spiro atoms. The van der Waals surface area contributed by atoms with E-state index in [1.807, 2.05) is 19.2 Å². The van der Waals surface area contributed by atoms with Crippen molar-refractivity contribution in [3.63, 3.8) is 0 Å². The van der Waals surface area contributed by atoms with Crippen LogP contribution in [0.1, 0.15) is 19.4 Å². The summed E-state index contributed by atoms with van der Waals surface area (Å²) in [6.45, 7) is 3.51. The maximum absolute atomic E-state index is 14.4. The lowest BCUT2D eigenvalue weighted by molar-refractivity contribution is -0.119. The van der Waals surface area contributed by atoms with Crippen molar-refractivity contribution in [1.29, 1.82) is 0 Å². The molecule has 2 heterocycles. The van der Waals surface area contributed by atoms with Crippen molar-refractivity contribution < 1.29 is 14.0 Å². The molecule has 0 bridgehead atoms. The molecule has 0 aliphatic carbocycles. The Balaban J connectivity index is 1.53. The van der Waals surface area contributed by atoms with Crippen LogP contribution in [0.4, 0.5) is 15.9 Å². The van der Waals surface area contributed by atoms with E-state index in [0.29, 0.717) is 20.7 Å². The van der Waals surface area contributed by atoms with Crippen LogP contribution >= 0.6 is 58.5 Å². The highest BCUT2D eigenvalue weighted by atomic mass is 35.5. The first-order valence-electron chi connectivity index (χ1n) is 10.6. The number of aromatic nitrogens is 3. The van der Waals surface area contributed by atoms with Crippen LogP contribution in [0.5, 0.6) is 0 Å². The number of ketones is 2. The monoisotopic (exact) mass is 580 g/mol. The smallest absolute Gasteiger partial charge is 0.162 e. The summed E-state index contributed by atoms with van der Waals surface area (Å²) in [5, 5.41) is 3.70. The van der Waals surface area contributed by atoms with Crippen LogP contribution in [0, 0.1) is 9.77 Å². The lowest BCUT2D eigenvalue weighted by Crippen LogP contribution is -2.12. The van der Waals surface area contributed by atoms with Crippen molar-refractivity contribution >= 4 is 92.5 Å². The van der Waals surface area contributed by atoms with Crippen LogP contribution in [0.3, 0.4) is 0 Å². The van der Waals surface area contributed by atoms with Gasteiger partial charge in [-0.05, 0) is 55.9 Å². The third-order valence-corrected chi connectivity index (χ3v) is 8.74. The van der Waals surface area contributed by atoms with Gasteiger partial charge in [-0.25, -0.2) is 14.4 Å². The summed E-state index contributed by atoms with van der Waals surface area (Å²) in [6.07, 6.45) is 3.35. The van der Waals surface area contributed by atoms with Crippen molar-refractivity contribution in [3.05, 3.63) is 68.2 Å². The molecule has 0 aliphatic rings. The lowest BCUT2D eigenvalue weighted by atomic mass is 10.1. The highest BCUT2D eigenvalue weighted by Gasteiger charge is 2.15. The molecule has 36 heavy (non-hydrogen) atoms. The molecule has 1 N–H and O–H groups in total. The van der Waals surface area contributed by atoms with Gasteiger partial charge < -0.3 is 9.88 Å². The zero-order valence-electron chi connectivity index (χ0n) is 19.0. The number of thiazole rings is 1. The molecule has 4 rings (SSSR count). The molecule has 1 atom stereocenters. The Morgan fingerprint density at radius 3 is 2.72 bits per heavy atom. The molecule has 6 nitrogen and oxygen atoms in total. The van der Waals surface area contributed by atoms with Crippen LogP contribution in [0.15, 0.2) is 47.1 Å². The molecule has 4 aromatic rings. The quantitative estimate of drug-likeness (QED) is 0.126. The van der Waals surface area contributed by atoms with Gasteiger partial charge in [0, 0.05) is 18.0 Å². The molecular weight excluding hydrogens is 562 g/mol. The number of halogens is 3. The number of benzene rings is 2. The SMILES string of the molecule is CC(=O)C(C)Sc1cn(CC(=O)Cc2ccc3ncnc(Nc4cc(Cl)c(Cl)cc4F)c3c2)c(=S)s1. The Bertz CT molecular complexity index is 1540. The molecule has 1 unspecified atom stereocenters. The van der Waals surface area contributed by atoms with Gasteiger partial charge in [0.25, 0.3) is 0 Å². The van der Waals surface area contributed by atoms with Gasteiger partial charge in [-0.15, -0.1) is 11.8 Å². The number of nitrogens with zero attached hydrogens (tertiary/aromatic N) is 3. The molecule has 2 aromatic carbocycles. The molecule has 2 aromatic heterocycles. The fraction of sp³-hybridized carbons (Fsp3) is 0.208. The second-order valence-electron chi connectivity index (χ2n) is 7.98. The largest absolute Gasteiger partial charge is 0.337 e. The Morgan fingerprint density at radius 1 is 1.22 bits per heavy atom. The molecule has 0 radical (unpaired) electrons. The van der Waals surface area contributed by atoms with E-state index in [-0.39, 0.29) is 45.5 Å². The van der Waals surface area contributed by atoms with Gasteiger partial charge in [0.2, 0.25) is 0 Å². The number of Topliss-reactive ketones (excluding diaryl/α,β-unsaturated/α-hetero) is 2. The highest BCUT2D eigenvalue weighted by molar-refractivity contribution is 8.02. The van der Waals surface area contributed by atoms with E-state index in [0.717, 1.165) is 15.8 Å². The average Bonchev–Trinajstić information content (AvgIpc) is 3.15. The molecular formula is C24H19Cl2FN4O2S3. The zero-order valence-corrected chi connectivity index (χ0v) is 23.0. The summed E-state index contributed by atoms with van der Waals surface area (Å²) < 4.78 is 17.6. The summed E-state index contributed by atoms with van der Waals surface area (Å²) >= 11 is 20.1. The van der Waals surface area contributed by atoms with E-state index in [1.54, 1.807) is 23.6 Å². The predicted octanol–water partition coefficient (Wildman–Crippen LogP) is 7.29. The van der Waals surface area contributed by atoms with Crippen LogP contribution in [-0.2, 0) is 22.6 Å². The Kier molecular flexibility index (Phi) is 8.41. The second kappa shape index (κ2) is 11.4. The van der Waals surface area contributed by atoms with Crippen molar-refractivity contribution in [2.45, 2.75) is 36.3 Å². The first-order valence-corrected chi connectivity index (χ1v) is 13.5. The molecule has 0 amide bonds. The van der Waals surface area contributed by atoms with Gasteiger partial charge in [-0.3, -0.25) is 9.59 Å². The van der Waals surface area contributed by atoms with Crippen LogP contribution in [0.2, 0.25) is 10.0 Å². The summed E-state index contributed by atoms with van der Waals surface area (Å²) in [5.41, 5.74) is 1.50. The number of fused-ring (bicyclic) bond motifs is 1. The summed E-state index contributed by atoms with van der Waals surface area (Å²) in [5.74, 6) is -0.169. The standard InChI is InChI=1S/C24H19Cl2FN4O2S3/c1-12(32)13(2)35-22-10-31(24(34)36-22)9-15(33)5-14-3-4-20-16(6-14)23(29-11-28-20)30-21-8-18(26)17(25)7-19(21)27/h3-4,6-8,10-11,13H,5,9H2,1-2H3,(H,28,29,30). The second-order valence-corrected chi connectivity index (χ2v) is 12.1. The number of hydrogen-bond donors (Lipinski definition) is 1. The molecule has 0 aliphatic heterocycles. The van der Waals surface area contributed by atoms with Gasteiger partial charge in [-0.1, -0.05) is 40.6 Å². The highest BCUT2D eigenvalue weighted by Crippen LogP contribution is 2.32. The summed E-state index contributed by atoms with van der Waals surface area (Å²) in [4.78, 5) is 32.9. The average molecular weight is 582 g/mol. The molecule has 0 saturated carbocycles. The fourth-order valence-electron chi connectivity index (χ4n) is 3.31. The van der Waals surface area contributed by atoms with Gasteiger partial charge in [-0.2, -0.15) is 0 Å². The molecule has 0 saturated heterocycles. The first-order chi connectivity index (χ1) is 17.1. The maximum Gasteiger partial charge on any atom is 0.162 e. The Hall–Kier alpha value is -2.37. The van der Waals surface area contributed by atoms with E-state index < -0.39 is 5.82 Å². The van der Waals surface area contributed by atoms with E-state index >= 15 is 0 Å². The third kappa shape index (κ3) is 6.30. The minimum absolute atomic E-state index is 0.0405. The van der Waals surface area contributed by atoms with Gasteiger partial charge >= 0.3 is 0 Å². The molecule has 0 fully saturated rings. The minimum Gasteiger partial charge on any atom is -0.337 e. The number of hydrogen-bond acceptors (Lipinski definition) is 8. The number of anilines is 2. The van der Waals surface area contributed by atoms with Crippen LogP contribution in [-0.4, -0.2) is 31.4 Å². The fourth-order valence-corrected chi connectivity index (χ4v) is 6.32. The maximum atomic E-state index is 14.4. The number of carbonyl (C=O) groups excluding carboxylic acids is 2. The first kappa shape index (κ1) is 26.7. The third-order valence-electron chi connectivity index (χ3n) is 5.26. The Morgan fingerprint density at radius 2 is 1.97 bits per heavy atom. The minimum atomic E-state index is -0.578. The van der Waals surface area contributed by atoms with E-state index in [9.17, 15) is 14.0 Å². The van der Waals surface area contributed by atoms with E-state index in [1.165, 1.54) is 35.5 Å². The zero-order chi connectivity index (χ0) is 26.0. The van der Waals surface area contributed by atoms with E-state index in [2.05, 4.69) is 15.3 Å². The molecule has 12 heteroatoms. The van der Waals surface area contributed by atoms with E-state index in [4.69, 9.17) is 35.4 Å². The summed E-state index contributed by atoms with van der Waals surface area (Å²) in [6, 6.07) is 7.91. The van der Waals surface area contributed by atoms with Crippen molar-refractivity contribution in [3.8, 4) is 0 Å². The number of carbonyl (C=O) groups is 2. The van der Waals surface area contributed by atoms with Gasteiger partial charge in [0.05, 0.1) is 37.3 Å². The number of thioether (sulfide) groups is 1. The van der Waals surface area contributed by atoms with Gasteiger partial charge in [0.1, 0.15) is 23.7 Å². The topological polar surface area (TPSA) is 76.9 Å². The predicted molar refractivity (Wildman–Crippen MR) is 147 cm³/mol. The van der Waals surface area contributed by atoms with Crippen molar-refractivity contribution in [1.82, 2.24) is 14.5 Å². The lowest BCUT2D eigenvalue weighted by Gasteiger charge is -2.11. The molecule has 186 valence electrons. The Labute approximate surface area is 229 Å².